The lowest BCUT2D eigenvalue weighted by Gasteiger charge is -2.23. The highest BCUT2D eigenvalue weighted by molar-refractivity contribution is 7.98. The topological polar surface area (TPSA) is 53.4 Å². The Hall–Kier alpha value is -0.750. The van der Waals surface area contributed by atoms with Crippen LogP contribution < -0.4 is 4.90 Å². The van der Waals surface area contributed by atoms with Crippen molar-refractivity contribution in [1.82, 2.24) is 4.98 Å². The Morgan fingerprint density at radius 3 is 3.00 bits per heavy atom. The van der Waals surface area contributed by atoms with Crippen LogP contribution in [0.15, 0.2) is 5.38 Å². The Labute approximate surface area is 116 Å². The molecule has 0 aliphatic heterocycles. The van der Waals surface area contributed by atoms with Crippen LogP contribution in [0.25, 0.3) is 0 Å². The number of thiazole rings is 1. The highest BCUT2D eigenvalue weighted by Gasteiger charge is 2.13. The zero-order valence-electron chi connectivity index (χ0n) is 11.0. The molecule has 1 rings (SSSR count). The number of anilines is 1. The monoisotopic (exact) mass is 288 g/mol. The number of aliphatic carboxylic acids is 1. The molecule has 102 valence electrons. The molecule has 1 atom stereocenters. The van der Waals surface area contributed by atoms with Crippen molar-refractivity contribution >= 4 is 34.2 Å². The van der Waals surface area contributed by atoms with E-state index in [1.54, 1.807) is 11.3 Å². The van der Waals surface area contributed by atoms with Gasteiger partial charge in [-0.3, -0.25) is 4.79 Å². The zero-order chi connectivity index (χ0) is 13.5. The molecule has 0 aliphatic carbocycles. The van der Waals surface area contributed by atoms with Crippen molar-refractivity contribution < 1.29 is 9.90 Å². The van der Waals surface area contributed by atoms with Crippen LogP contribution in [0.3, 0.4) is 0 Å². The SMILES string of the molecule is CSCCC(C)N(C)c1nc(CCC(=O)O)cs1. The van der Waals surface area contributed by atoms with Crippen LogP contribution in [0.4, 0.5) is 5.13 Å². The normalized spacial score (nSPS) is 12.4. The third-order valence-corrected chi connectivity index (χ3v) is 4.46. The summed E-state index contributed by atoms with van der Waals surface area (Å²) in [5.41, 5.74) is 0.876. The molecule has 1 N–H and O–H groups in total. The van der Waals surface area contributed by atoms with E-state index in [9.17, 15) is 4.79 Å². The number of nitrogens with zero attached hydrogens (tertiary/aromatic N) is 2. The van der Waals surface area contributed by atoms with Gasteiger partial charge in [0.25, 0.3) is 0 Å². The van der Waals surface area contributed by atoms with Gasteiger partial charge in [0.15, 0.2) is 5.13 Å². The first kappa shape index (κ1) is 15.3. The molecule has 0 spiro atoms. The maximum Gasteiger partial charge on any atom is 0.303 e. The van der Waals surface area contributed by atoms with Crippen LogP contribution in [0, 0.1) is 0 Å². The number of aromatic nitrogens is 1. The summed E-state index contributed by atoms with van der Waals surface area (Å²) in [6, 6.07) is 0.455. The standard InChI is InChI=1S/C12H20N2O2S2/c1-9(6-7-17-3)14(2)12-13-10(8-18-12)4-5-11(15)16/h8-9H,4-7H2,1-3H3,(H,15,16). The Kier molecular flexibility index (Phi) is 6.49. The second kappa shape index (κ2) is 7.63. The van der Waals surface area contributed by atoms with Gasteiger partial charge < -0.3 is 10.0 Å². The third kappa shape index (κ3) is 4.86. The number of carboxylic acids is 1. The fraction of sp³-hybridized carbons (Fsp3) is 0.667. The fourth-order valence-corrected chi connectivity index (χ4v) is 2.98. The number of carboxylic acid groups (broad SMARTS) is 1. The van der Waals surface area contributed by atoms with Crippen molar-refractivity contribution in [2.75, 3.05) is 24.0 Å². The first-order valence-corrected chi connectivity index (χ1v) is 8.20. The predicted molar refractivity (Wildman–Crippen MR) is 78.9 cm³/mol. The van der Waals surface area contributed by atoms with E-state index in [1.165, 1.54) is 0 Å². The molecule has 0 saturated carbocycles. The van der Waals surface area contributed by atoms with Crippen molar-refractivity contribution in [2.45, 2.75) is 32.2 Å². The molecule has 0 bridgehead atoms. The van der Waals surface area contributed by atoms with E-state index >= 15 is 0 Å². The van der Waals surface area contributed by atoms with Gasteiger partial charge in [0.2, 0.25) is 0 Å². The van der Waals surface area contributed by atoms with Gasteiger partial charge in [-0.15, -0.1) is 11.3 Å². The molecule has 0 amide bonds. The van der Waals surface area contributed by atoms with E-state index in [2.05, 4.69) is 23.1 Å². The van der Waals surface area contributed by atoms with Gasteiger partial charge in [-0.1, -0.05) is 0 Å². The number of rotatable bonds is 8. The highest BCUT2D eigenvalue weighted by Crippen LogP contribution is 2.23. The van der Waals surface area contributed by atoms with Crippen LogP contribution in [-0.2, 0) is 11.2 Å². The minimum absolute atomic E-state index is 0.148. The molecule has 0 fully saturated rings. The smallest absolute Gasteiger partial charge is 0.303 e. The summed E-state index contributed by atoms with van der Waals surface area (Å²) in [4.78, 5) is 17.2. The van der Waals surface area contributed by atoms with E-state index in [4.69, 9.17) is 5.11 Å². The van der Waals surface area contributed by atoms with Crippen molar-refractivity contribution in [2.24, 2.45) is 0 Å². The van der Waals surface area contributed by atoms with E-state index in [0.29, 0.717) is 12.5 Å². The lowest BCUT2D eigenvalue weighted by atomic mass is 10.2. The Bertz CT molecular complexity index is 382. The molecule has 1 unspecified atom stereocenters. The van der Waals surface area contributed by atoms with Crippen molar-refractivity contribution in [3.8, 4) is 0 Å². The quantitative estimate of drug-likeness (QED) is 0.797. The summed E-state index contributed by atoms with van der Waals surface area (Å²) in [5.74, 6) is 0.370. The molecular formula is C12H20N2O2S2. The average Bonchev–Trinajstić information content (AvgIpc) is 2.81. The van der Waals surface area contributed by atoms with Crippen LogP contribution >= 0.6 is 23.1 Å². The summed E-state index contributed by atoms with van der Waals surface area (Å²) in [7, 11) is 2.05. The first-order chi connectivity index (χ1) is 8.54. The molecule has 6 heteroatoms. The first-order valence-electron chi connectivity index (χ1n) is 5.92. The predicted octanol–water partition coefficient (Wildman–Crippen LogP) is 2.74. The van der Waals surface area contributed by atoms with Gasteiger partial charge in [0.1, 0.15) is 0 Å². The largest absolute Gasteiger partial charge is 0.481 e. The number of hydrogen-bond donors (Lipinski definition) is 1. The zero-order valence-corrected chi connectivity index (χ0v) is 12.7. The average molecular weight is 288 g/mol. The third-order valence-electron chi connectivity index (χ3n) is 2.84. The van der Waals surface area contributed by atoms with Crippen LogP contribution in [0.1, 0.15) is 25.5 Å². The maximum absolute atomic E-state index is 10.5. The summed E-state index contributed by atoms with van der Waals surface area (Å²) in [5, 5.41) is 11.6. The Balaban J connectivity index is 2.53. The fourth-order valence-electron chi connectivity index (χ4n) is 1.48. The molecule has 0 aliphatic rings. The van der Waals surface area contributed by atoms with Gasteiger partial charge >= 0.3 is 5.97 Å². The summed E-state index contributed by atoms with van der Waals surface area (Å²) >= 11 is 3.44. The molecule has 1 heterocycles. The van der Waals surface area contributed by atoms with Crippen LogP contribution in [-0.4, -0.2) is 41.2 Å². The van der Waals surface area contributed by atoms with Gasteiger partial charge in [-0.2, -0.15) is 11.8 Å². The Morgan fingerprint density at radius 1 is 1.67 bits per heavy atom. The second-order valence-corrected chi connectivity index (χ2v) is 6.08. The van der Waals surface area contributed by atoms with Crippen molar-refractivity contribution in [3.05, 3.63) is 11.1 Å². The summed E-state index contributed by atoms with van der Waals surface area (Å²) in [6.07, 6.45) is 3.90. The van der Waals surface area contributed by atoms with Crippen molar-refractivity contribution in [3.63, 3.8) is 0 Å². The molecule has 4 nitrogen and oxygen atoms in total. The van der Waals surface area contributed by atoms with Gasteiger partial charge in [0, 0.05) is 24.9 Å². The Morgan fingerprint density at radius 2 is 2.39 bits per heavy atom. The summed E-state index contributed by atoms with van der Waals surface area (Å²) in [6.45, 7) is 2.19. The molecule has 0 radical (unpaired) electrons. The molecule has 1 aromatic rings. The van der Waals surface area contributed by atoms with E-state index in [1.807, 2.05) is 24.2 Å². The van der Waals surface area contributed by atoms with E-state index in [-0.39, 0.29) is 6.42 Å². The summed E-state index contributed by atoms with van der Waals surface area (Å²) < 4.78 is 0. The number of thioether (sulfide) groups is 1. The minimum Gasteiger partial charge on any atom is -0.481 e. The van der Waals surface area contributed by atoms with E-state index in [0.717, 1.165) is 23.0 Å². The molecular weight excluding hydrogens is 268 g/mol. The lowest BCUT2D eigenvalue weighted by Crippen LogP contribution is -2.29. The maximum atomic E-state index is 10.5. The minimum atomic E-state index is -0.772. The van der Waals surface area contributed by atoms with Crippen LogP contribution in [0.5, 0.6) is 0 Å². The second-order valence-electron chi connectivity index (χ2n) is 4.26. The highest BCUT2D eigenvalue weighted by atomic mass is 32.2. The van der Waals surface area contributed by atoms with Crippen LogP contribution in [0.2, 0.25) is 0 Å². The number of aryl methyl sites for hydroxylation is 1. The van der Waals surface area contributed by atoms with Crippen molar-refractivity contribution in [1.29, 1.82) is 0 Å². The number of carbonyl (C=O) groups is 1. The number of hydrogen-bond acceptors (Lipinski definition) is 5. The lowest BCUT2D eigenvalue weighted by molar-refractivity contribution is -0.136. The molecule has 18 heavy (non-hydrogen) atoms. The van der Waals surface area contributed by atoms with E-state index < -0.39 is 5.97 Å². The molecule has 1 aromatic heterocycles. The van der Waals surface area contributed by atoms with Gasteiger partial charge in [0.05, 0.1) is 12.1 Å². The van der Waals surface area contributed by atoms with Gasteiger partial charge in [-0.05, 0) is 25.4 Å². The molecule has 0 aromatic carbocycles. The molecule has 0 saturated heterocycles. The van der Waals surface area contributed by atoms with Gasteiger partial charge in [-0.25, -0.2) is 4.98 Å².